The first-order valence-electron chi connectivity index (χ1n) is 3.83. The molecule has 0 spiro atoms. The van der Waals surface area contributed by atoms with Crippen LogP contribution >= 0.6 is 11.8 Å². The number of nitrogens with two attached hydrogens (primary N) is 1. The lowest BCUT2D eigenvalue weighted by Crippen LogP contribution is -2.30. The van der Waals surface area contributed by atoms with E-state index in [1.165, 1.54) is 0 Å². The molecule has 0 bridgehead atoms. The molecule has 2 nitrogen and oxygen atoms in total. The predicted molar refractivity (Wildman–Crippen MR) is 52.1 cm³/mol. The monoisotopic (exact) mass is 177 g/mol. The molecule has 11 heavy (non-hydrogen) atoms. The summed E-state index contributed by atoms with van der Waals surface area (Å²) in [7, 11) is 1.72. The van der Waals surface area contributed by atoms with Gasteiger partial charge in [0.05, 0.1) is 6.10 Å². The van der Waals surface area contributed by atoms with Crippen LogP contribution in [0.15, 0.2) is 0 Å². The first-order valence-corrected chi connectivity index (χ1v) is 5.06. The van der Waals surface area contributed by atoms with Crippen molar-refractivity contribution < 1.29 is 4.74 Å². The number of rotatable bonds is 5. The topological polar surface area (TPSA) is 35.2 Å². The number of ether oxygens (including phenoxy) is 1. The molecular formula is C8H19NOS. The smallest absolute Gasteiger partial charge is 0.0706 e. The van der Waals surface area contributed by atoms with Crippen LogP contribution in [-0.2, 0) is 4.74 Å². The molecule has 0 aromatic carbocycles. The van der Waals surface area contributed by atoms with E-state index < -0.39 is 0 Å². The van der Waals surface area contributed by atoms with Gasteiger partial charge in [-0.1, -0.05) is 13.8 Å². The quantitative estimate of drug-likeness (QED) is 0.691. The zero-order chi connectivity index (χ0) is 8.91. The molecule has 0 fully saturated rings. The summed E-state index contributed by atoms with van der Waals surface area (Å²) in [6.45, 7) is 5.03. The van der Waals surface area contributed by atoms with Gasteiger partial charge in [-0.15, -0.1) is 0 Å². The second-order valence-corrected chi connectivity index (χ2v) is 4.77. The van der Waals surface area contributed by atoms with Crippen LogP contribution in [0.3, 0.4) is 0 Å². The maximum atomic E-state index is 5.51. The Bertz CT molecular complexity index is 102. The maximum Gasteiger partial charge on any atom is 0.0706 e. The van der Waals surface area contributed by atoms with Crippen LogP contribution < -0.4 is 5.73 Å². The molecule has 0 saturated heterocycles. The second kappa shape index (κ2) is 5.01. The van der Waals surface area contributed by atoms with Crippen molar-refractivity contribution >= 4 is 11.8 Å². The summed E-state index contributed by atoms with van der Waals surface area (Å²) in [6.07, 6.45) is 3.34. The van der Waals surface area contributed by atoms with E-state index in [4.69, 9.17) is 10.5 Å². The van der Waals surface area contributed by atoms with Crippen molar-refractivity contribution in [2.75, 3.05) is 19.9 Å². The highest BCUT2D eigenvalue weighted by Crippen LogP contribution is 2.27. The summed E-state index contributed by atoms with van der Waals surface area (Å²) in [5, 5.41) is 0. The lowest BCUT2D eigenvalue weighted by Gasteiger charge is -2.26. The fraction of sp³-hybridized carbons (Fsp3) is 1.00. The lowest BCUT2D eigenvalue weighted by atomic mass is 10.1. The van der Waals surface area contributed by atoms with Gasteiger partial charge >= 0.3 is 0 Å². The predicted octanol–water partition coefficient (Wildman–Crippen LogP) is 1.49. The van der Waals surface area contributed by atoms with Crippen LogP contribution in [0.25, 0.3) is 0 Å². The highest BCUT2D eigenvalue weighted by atomic mass is 32.2. The summed E-state index contributed by atoms with van der Waals surface area (Å²) in [5.74, 6) is 0. The first kappa shape index (κ1) is 11.3. The Morgan fingerprint density at radius 2 is 2.09 bits per heavy atom. The minimum absolute atomic E-state index is 0.206. The third-order valence-electron chi connectivity index (χ3n) is 1.87. The van der Waals surface area contributed by atoms with Gasteiger partial charge in [-0.3, -0.25) is 0 Å². The van der Waals surface area contributed by atoms with Crippen LogP contribution in [-0.4, -0.2) is 30.8 Å². The fourth-order valence-electron chi connectivity index (χ4n) is 0.895. The van der Waals surface area contributed by atoms with Gasteiger partial charge in [-0.25, -0.2) is 0 Å². The van der Waals surface area contributed by atoms with Gasteiger partial charge < -0.3 is 10.5 Å². The normalized spacial score (nSPS) is 15.0. The van der Waals surface area contributed by atoms with Gasteiger partial charge in [0.2, 0.25) is 0 Å². The Balaban J connectivity index is 3.79. The summed E-state index contributed by atoms with van der Waals surface area (Å²) in [6, 6.07) is 0. The van der Waals surface area contributed by atoms with Gasteiger partial charge in [-0.2, -0.15) is 11.8 Å². The first-order chi connectivity index (χ1) is 5.05. The van der Waals surface area contributed by atoms with Crippen LogP contribution in [0.1, 0.15) is 20.3 Å². The Hall–Kier alpha value is 0.270. The molecule has 0 aliphatic carbocycles. The molecular weight excluding hydrogens is 158 g/mol. The number of thioether (sulfide) groups is 1. The largest absolute Gasteiger partial charge is 0.380 e. The average molecular weight is 177 g/mol. The van der Waals surface area contributed by atoms with E-state index in [0.29, 0.717) is 6.54 Å². The van der Waals surface area contributed by atoms with Crippen molar-refractivity contribution in [3.05, 3.63) is 0 Å². The van der Waals surface area contributed by atoms with Crippen molar-refractivity contribution in [3.8, 4) is 0 Å². The molecule has 0 aromatic rings. The van der Waals surface area contributed by atoms with Crippen LogP contribution in [0.4, 0.5) is 0 Å². The van der Waals surface area contributed by atoms with E-state index in [2.05, 4.69) is 20.1 Å². The molecule has 0 radical (unpaired) electrons. The minimum atomic E-state index is 0.206. The van der Waals surface area contributed by atoms with Gasteiger partial charge in [-0.05, 0) is 12.7 Å². The molecule has 0 amide bonds. The third-order valence-corrected chi connectivity index (χ3v) is 3.14. The van der Waals surface area contributed by atoms with E-state index in [9.17, 15) is 0 Å². The molecule has 0 rings (SSSR count). The van der Waals surface area contributed by atoms with Gasteiger partial charge in [0.25, 0.3) is 0 Å². The van der Waals surface area contributed by atoms with Gasteiger partial charge in [0.15, 0.2) is 0 Å². The highest BCUT2D eigenvalue weighted by Gasteiger charge is 2.20. The van der Waals surface area contributed by atoms with E-state index in [0.717, 1.165) is 6.42 Å². The molecule has 0 heterocycles. The van der Waals surface area contributed by atoms with E-state index in [1.54, 1.807) is 7.11 Å². The molecule has 0 saturated carbocycles. The van der Waals surface area contributed by atoms with E-state index in [1.807, 2.05) is 11.8 Å². The van der Waals surface area contributed by atoms with Crippen molar-refractivity contribution in [2.24, 2.45) is 5.73 Å². The summed E-state index contributed by atoms with van der Waals surface area (Å²) in [5.41, 5.74) is 5.51. The number of hydrogen-bond acceptors (Lipinski definition) is 3. The summed E-state index contributed by atoms with van der Waals surface area (Å²) < 4.78 is 5.48. The van der Waals surface area contributed by atoms with Crippen molar-refractivity contribution in [1.82, 2.24) is 0 Å². The minimum Gasteiger partial charge on any atom is -0.380 e. The standard InChI is InChI=1S/C8H19NOS/c1-8(2,11-4)5-7(6-9)10-3/h7H,5-6,9H2,1-4H3. The van der Waals surface area contributed by atoms with Gasteiger partial charge in [0.1, 0.15) is 0 Å². The van der Waals surface area contributed by atoms with Crippen molar-refractivity contribution in [1.29, 1.82) is 0 Å². The fourth-order valence-corrected chi connectivity index (χ4v) is 1.25. The Morgan fingerprint density at radius 1 is 1.55 bits per heavy atom. The van der Waals surface area contributed by atoms with E-state index >= 15 is 0 Å². The van der Waals surface area contributed by atoms with Crippen LogP contribution in [0, 0.1) is 0 Å². The Labute approximate surface area is 73.9 Å². The van der Waals surface area contributed by atoms with E-state index in [-0.39, 0.29) is 10.9 Å². The molecule has 1 unspecified atom stereocenters. The van der Waals surface area contributed by atoms with Crippen molar-refractivity contribution in [2.45, 2.75) is 31.1 Å². The molecule has 0 aliphatic rings. The third kappa shape index (κ3) is 4.67. The number of hydrogen-bond donors (Lipinski definition) is 1. The average Bonchev–Trinajstić information content (AvgIpc) is 2.00. The Kier molecular flexibility index (Phi) is 5.13. The molecule has 2 N–H and O–H groups in total. The van der Waals surface area contributed by atoms with Crippen LogP contribution in [0.2, 0.25) is 0 Å². The molecule has 1 atom stereocenters. The van der Waals surface area contributed by atoms with Gasteiger partial charge in [0, 0.05) is 18.4 Å². The molecule has 0 aliphatic heterocycles. The van der Waals surface area contributed by atoms with Crippen molar-refractivity contribution in [3.63, 3.8) is 0 Å². The Morgan fingerprint density at radius 3 is 2.36 bits per heavy atom. The highest BCUT2D eigenvalue weighted by molar-refractivity contribution is 7.99. The number of methoxy groups -OCH3 is 1. The molecule has 3 heteroatoms. The van der Waals surface area contributed by atoms with Crippen LogP contribution in [0.5, 0.6) is 0 Å². The molecule has 0 aromatic heterocycles. The zero-order valence-corrected chi connectivity index (χ0v) is 8.70. The molecule has 68 valence electrons. The lowest BCUT2D eigenvalue weighted by molar-refractivity contribution is 0.0954. The SMILES string of the molecule is COC(CN)CC(C)(C)SC. The zero-order valence-electron chi connectivity index (χ0n) is 7.89. The summed E-state index contributed by atoms with van der Waals surface area (Å²) in [4.78, 5) is 0. The maximum absolute atomic E-state index is 5.51. The second-order valence-electron chi connectivity index (χ2n) is 3.26. The summed E-state index contributed by atoms with van der Waals surface area (Å²) >= 11 is 1.85.